The minimum Gasteiger partial charge on any atom is -0.465 e. The molecule has 1 aliphatic carbocycles. The number of fused-ring (bicyclic) bond motifs is 4. The van der Waals surface area contributed by atoms with E-state index in [0.717, 1.165) is 41.1 Å². The summed E-state index contributed by atoms with van der Waals surface area (Å²) in [5.41, 5.74) is -0.242. The summed E-state index contributed by atoms with van der Waals surface area (Å²) in [6.07, 6.45) is 11.1. The lowest BCUT2D eigenvalue weighted by Crippen LogP contribution is -2.57. The summed E-state index contributed by atoms with van der Waals surface area (Å²) in [5, 5.41) is 28.5. The number of aromatic nitrogens is 1. The molecule has 202 valence electrons. The molecule has 1 aromatic carbocycles. The van der Waals surface area contributed by atoms with Crippen LogP contribution < -0.4 is 15.9 Å². The number of carbonyl (C=O) groups excluding carboxylic acids is 2. The Hall–Kier alpha value is -3.36. The van der Waals surface area contributed by atoms with E-state index in [1.54, 1.807) is 10.6 Å². The first-order valence-corrected chi connectivity index (χ1v) is 13.5. The highest BCUT2D eigenvalue weighted by atomic mass is 16.5. The topological polar surface area (TPSA) is 104 Å². The van der Waals surface area contributed by atoms with Crippen molar-refractivity contribution in [3.8, 4) is 0 Å². The molecule has 38 heavy (non-hydrogen) atoms. The SMILES string of the molecule is CCC12CCCN(/C=C/C(=O)Nc3ccccc3)CCc3c(n(c4c3=CCCC=4)C(O)(C(=O)OC)C1)C2O. The van der Waals surface area contributed by atoms with Crippen LogP contribution in [0.4, 0.5) is 5.69 Å². The first-order valence-electron chi connectivity index (χ1n) is 13.5. The van der Waals surface area contributed by atoms with Gasteiger partial charge in [0.15, 0.2) is 0 Å². The number of anilines is 1. The second-order valence-corrected chi connectivity index (χ2v) is 10.6. The molecule has 1 amide bonds. The molecule has 5 rings (SSSR count). The number of hydrogen-bond acceptors (Lipinski definition) is 6. The number of ether oxygens (including phenoxy) is 1. The predicted molar refractivity (Wildman–Crippen MR) is 145 cm³/mol. The van der Waals surface area contributed by atoms with E-state index in [2.05, 4.69) is 16.3 Å². The molecule has 8 nitrogen and oxygen atoms in total. The van der Waals surface area contributed by atoms with Gasteiger partial charge in [0.2, 0.25) is 11.6 Å². The third-order valence-corrected chi connectivity index (χ3v) is 8.52. The van der Waals surface area contributed by atoms with Crippen LogP contribution in [-0.4, -0.2) is 51.8 Å². The van der Waals surface area contributed by atoms with Gasteiger partial charge in [-0.15, -0.1) is 0 Å². The van der Waals surface area contributed by atoms with Crippen LogP contribution in [0.25, 0.3) is 12.2 Å². The van der Waals surface area contributed by atoms with Gasteiger partial charge in [0, 0.05) is 48.2 Å². The number of nitrogens with zero attached hydrogens (tertiary/aromatic N) is 2. The number of aliphatic hydroxyl groups excluding tert-OH is 1. The quantitative estimate of drug-likeness (QED) is 0.414. The Labute approximate surface area is 222 Å². The third-order valence-electron chi connectivity index (χ3n) is 8.52. The number of para-hydroxylation sites is 1. The number of benzene rings is 1. The average molecular weight is 520 g/mol. The van der Waals surface area contributed by atoms with Crippen molar-refractivity contribution in [1.29, 1.82) is 0 Å². The summed E-state index contributed by atoms with van der Waals surface area (Å²) in [4.78, 5) is 27.8. The number of amides is 1. The predicted octanol–water partition coefficient (Wildman–Crippen LogP) is 2.29. The minimum absolute atomic E-state index is 0.0844. The van der Waals surface area contributed by atoms with Crippen LogP contribution in [0.3, 0.4) is 0 Å². The smallest absolute Gasteiger partial charge is 0.359 e. The van der Waals surface area contributed by atoms with E-state index in [4.69, 9.17) is 4.74 Å². The second-order valence-electron chi connectivity index (χ2n) is 10.6. The van der Waals surface area contributed by atoms with Crippen molar-refractivity contribution in [2.75, 3.05) is 25.5 Å². The van der Waals surface area contributed by atoms with E-state index in [1.165, 1.54) is 7.11 Å². The first-order chi connectivity index (χ1) is 18.3. The molecule has 3 unspecified atom stereocenters. The fourth-order valence-corrected chi connectivity index (χ4v) is 6.54. The maximum absolute atomic E-state index is 13.1. The molecule has 2 aliphatic heterocycles. The van der Waals surface area contributed by atoms with Crippen LogP contribution in [0.2, 0.25) is 0 Å². The Morgan fingerprint density at radius 1 is 1.18 bits per heavy atom. The van der Waals surface area contributed by atoms with Gasteiger partial charge in [-0.25, -0.2) is 4.79 Å². The molecule has 0 fully saturated rings. The van der Waals surface area contributed by atoms with Gasteiger partial charge in [-0.3, -0.25) is 4.79 Å². The van der Waals surface area contributed by atoms with Crippen LogP contribution in [0.5, 0.6) is 0 Å². The largest absolute Gasteiger partial charge is 0.465 e. The van der Waals surface area contributed by atoms with E-state index in [1.807, 2.05) is 49.5 Å². The minimum atomic E-state index is -1.88. The molecule has 0 radical (unpaired) electrons. The van der Waals surface area contributed by atoms with Gasteiger partial charge < -0.3 is 29.7 Å². The normalized spacial score (nSPS) is 26.6. The van der Waals surface area contributed by atoms with Gasteiger partial charge in [-0.2, -0.15) is 0 Å². The zero-order valence-electron chi connectivity index (χ0n) is 22.2. The molecular weight excluding hydrogens is 482 g/mol. The molecule has 0 spiro atoms. The summed E-state index contributed by atoms with van der Waals surface area (Å²) in [6.45, 7) is 3.33. The standard InChI is InChI=1S/C30H37N3O5/c1-3-29-16-9-17-32(19-15-25(34)31-21-10-5-4-6-11-21)18-14-23-22-12-7-8-13-24(22)33(26(23)27(29)35)30(37,20-29)28(36)38-2/h4-6,10-13,15,19,27,35,37H,3,7-9,14,16-18,20H2,1-2H3,(H,31,34)/b19-15+. The lowest BCUT2D eigenvalue weighted by molar-refractivity contribution is -0.196. The molecule has 8 heteroatoms. The van der Waals surface area contributed by atoms with Crippen LogP contribution >= 0.6 is 0 Å². The van der Waals surface area contributed by atoms with Gasteiger partial charge in [0.05, 0.1) is 12.8 Å². The Morgan fingerprint density at radius 3 is 2.68 bits per heavy atom. The fraction of sp³-hybridized carbons (Fsp3) is 0.467. The zero-order chi connectivity index (χ0) is 26.9. The molecule has 1 aromatic heterocycles. The van der Waals surface area contributed by atoms with Crippen molar-refractivity contribution >= 4 is 29.7 Å². The van der Waals surface area contributed by atoms with E-state index in [0.29, 0.717) is 38.0 Å². The number of carbonyl (C=O) groups is 2. The van der Waals surface area contributed by atoms with Gasteiger partial charge in [-0.05, 0) is 61.4 Å². The summed E-state index contributed by atoms with van der Waals surface area (Å²) < 4.78 is 6.78. The van der Waals surface area contributed by atoms with Crippen molar-refractivity contribution < 1.29 is 24.5 Å². The Balaban J connectivity index is 1.54. The van der Waals surface area contributed by atoms with E-state index in [-0.39, 0.29) is 12.3 Å². The highest BCUT2D eigenvalue weighted by molar-refractivity contribution is 5.99. The number of rotatable bonds is 5. The number of esters is 1. The van der Waals surface area contributed by atoms with Gasteiger partial charge in [0.25, 0.3) is 0 Å². The van der Waals surface area contributed by atoms with E-state index >= 15 is 0 Å². The van der Waals surface area contributed by atoms with Crippen LogP contribution in [0.15, 0.2) is 42.6 Å². The highest BCUT2D eigenvalue weighted by Gasteiger charge is 2.56. The van der Waals surface area contributed by atoms with Gasteiger partial charge in [0.1, 0.15) is 6.10 Å². The summed E-state index contributed by atoms with van der Waals surface area (Å²) in [7, 11) is 1.30. The lowest BCUT2D eigenvalue weighted by Gasteiger charge is -2.49. The fourth-order valence-electron chi connectivity index (χ4n) is 6.54. The summed E-state index contributed by atoms with van der Waals surface area (Å²) in [6, 6.07) is 9.36. The summed E-state index contributed by atoms with van der Waals surface area (Å²) >= 11 is 0. The van der Waals surface area contributed by atoms with Crippen LogP contribution in [0.1, 0.15) is 62.8 Å². The van der Waals surface area contributed by atoms with Crippen molar-refractivity contribution in [1.82, 2.24) is 9.47 Å². The number of nitrogens with one attached hydrogen (secondary N) is 1. The second kappa shape index (κ2) is 10.4. The monoisotopic (exact) mass is 519 g/mol. The molecule has 0 saturated heterocycles. The maximum Gasteiger partial charge on any atom is 0.359 e. The van der Waals surface area contributed by atoms with E-state index in [9.17, 15) is 19.8 Å². The lowest BCUT2D eigenvalue weighted by atomic mass is 9.66. The molecule has 3 heterocycles. The van der Waals surface area contributed by atoms with Crippen molar-refractivity contribution in [2.24, 2.45) is 5.41 Å². The molecule has 2 bridgehead atoms. The van der Waals surface area contributed by atoms with Crippen LogP contribution in [-0.2, 0) is 26.5 Å². The van der Waals surface area contributed by atoms with Crippen molar-refractivity contribution in [2.45, 2.75) is 63.7 Å². The third kappa shape index (κ3) is 4.46. The Bertz CT molecular complexity index is 1360. The Kier molecular flexibility index (Phi) is 7.20. The highest BCUT2D eigenvalue weighted by Crippen LogP contribution is 2.53. The van der Waals surface area contributed by atoms with Crippen molar-refractivity contribution in [3.05, 3.63) is 64.4 Å². The number of hydrogen-bond donors (Lipinski definition) is 3. The number of methoxy groups -OCH3 is 1. The molecule has 3 N–H and O–H groups in total. The molecule has 2 aromatic rings. The van der Waals surface area contributed by atoms with Crippen molar-refractivity contribution in [3.63, 3.8) is 0 Å². The van der Waals surface area contributed by atoms with E-state index < -0.39 is 23.2 Å². The Morgan fingerprint density at radius 2 is 1.95 bits per heavy atom. The number of aliphatic hydroxyl groups is 2. The molecule has 3 aliphatic rings. The van der Waals surface area contributed by atoms with Gasteiger partial charge >= 0.3 is 5.97 Å². The molecule has 0 saturated carbocycles. The molecular formula is C30H37N3O5. The average Bonchev–Trinajstić information content (AvgIpc) is 3.27. The maximum atomic E-state index is 13.1. The zero-order valence-corrected chi connectivity index (χ0v) is 22.2. The first kappa shape index (κ1) is 26.3. The van der Waals surface area contributed by atoms with Gasteiger partial charge in [-0.1, -0.05) is 37.3 Å². The van der Waals surface area contributed by atoms with Crippen LogP contribution in [0, 0.1) is 5.41 Å². The summed E-state index contributed by atoms with van der Waals surface area (Å²) in [5.74, 6) is -0.888. The molecule has 3 atom stereocenters.